The molecular weight excluding hydrogens is 769 g/mol. The third-order valence-electron chi connectivity index (χ3n) is 9.88. The standard InChI is InChI=1S/C23H19F2NO2S.C23H19F2NOS/c1-29(27,28)14-17-3-2-4-20-21(13-26-23(17)20)22(15-5-9-18(24)10-6-15)16-7-11-19(25)12-8-16;1-28(27)14-17-3-2-4-20-21(13-26-23(17)20)22(15-5-9-18(24)10-6-15)16-7-11-19(25)12-8-16/h2-13,22,26H,14H2,1H3;2-13,22,26H,14H2,1H3. The number of benzene rings is 6. The van der Waals surface area contributed by atoms with E-state index in [1.54, 1.807) is 60.9 Å². The van der Waals surface area contributed by atoms with Crippen LogP contribution in [0.15, 0.2) is 146 Å². The molecule has 0 spiro atoms. The maximum atomic E-state index is 13.5. The van der Waals surface area contributed by atoms with Gasteiger partial charge in [0.05, 0.1) is 11.5 Å². The van der Waals surface area contributed by atoms with Gasteiger partial charge in [0.2, 0.25) is 0 Å². The van der Waals surface area contributed by atoms with Gasteiger partial charge in [0.25, 0.3) is 0 Å². The summed E-state index contributed by atoms with van der Waals surface area (Å²) >= 11 is 0. The zero-order valence-corrected chi connectivity index (χ0v) is 32.6. The third-order valence-corrected chi connectivity index (χ3v) is 11.4. The fourth-order valence-corrected chi connectivity index (χ4v) is 8.91. The number of aromatic nitrogens is 2. The highest BCUT2D eigenvalue weighted by atomic mass is 32.2. The molecule has 0 radical (unpaired) electrons. The zero-order chi connectivity index (χ0) is 40.3. The van der Waals surface area contributed by atoms with Crippen molar-refractivity contribution in [2.45, 2.75) is 23.3 Å². The fraction of sp³-hybridized carbons (Fsp3) is 0.130. The second-order valence-electron chi connectivity index (χ2n) is 14.0. The van der Waals surface area contributed by atoms with Crippen LogP contribution >= 0.6 is 0 Å². The highest BCUT2D eigenvalue weighted by Crippen LogP contribution is 2.39. The van der Waals surface area contributed by atoms with Gasteiger partial charge in [-0.1, -0.05) is 84.9 Å². The average molecular weight is 807 g/mol. The van der Waals surface area contributed by atoms with E-state index in [1.807, 2.05) is 42.7 Å². The van der Waals surface area contributed by atoms with Gasteiger partial charge >= 0.3 is 0 Å². The first kappa shape index (κ1) is 39.5. The first-order chi connectivity index (χ1) is 27.3. The van der Waals surface area contributed by atoms with E-state index in [0.717, 1.165) is 60.8 Å². The van der Waals surface area contributed by atoms with Crippen LogP contribution in [0, 0.1) is 23.3 Å². The van der Waals surface area contributed by atoms with Gasteiger partial charge in [0.15, 0.2) is 9.84 Å². The Morgan fingerprint density at radius 3 is 1.19 bits per heavy atom. The van der Waals surface area contributed by atoms with Crippen LogP contribution in [0.1, 0.15) is 56.3 Å². The van der Waals surface area contributed by atoms with E-state index in [4.69, 9.17) is 0 Å². The summed E-state index contributed by atoms with van der Waals surface area (Å²) in [5.74, 6) is -1.31. The summed E-state index contributed by atoms with van der Waals surface area (Å²) in [5, 5.41) is 1.89. The normalized spacial score (nSPS) is 12.3. The summed E-state index contributed by atoms with van der Waals surface area (Å²) in [7, 11) is -4.15. The van der Waals surface area contributed by atoms with Crippen molar-refractivity contribution in [1.29, 1.82) is 0 Å². The molecule has 0 aliphatic carbocycles. The van der Waals surface area contributed by atoms with Crippen molar-refractivity contribution in [3.8, 4) is 0 Å². The number of sulfone groups is 1. The summed E-state index contributed by atoms with van der Waals surface area (Å²) in [5.41, 5.74) is 8.83. The molecule has 1 unspecified atom stereocenters. The van der Waals surface area contributed by atoms with Crippen LogP contribution in [-0.2, 0) is 32.1 Å². The SMILES string of the molecule is CS(=O)(=O)Cc1cccc2c(C(c3ccc(F)cc3)c3ccc(F)cc3)c[nH]c12.CS(=O)Cc1cccc2c(C(c3ccc(F)cc3)c3ccc(F)cc3)c[nH]c12. The minimum atomic E-state index is -3.20. The number of H-pyrrole nitrogens is 2. The van der Waals surface area contributed by atoms with Crippen LogP contribution < -0.4 is 0 Å². The van der Waals surface area contributed by atoms with E-state index in [1.165, 1.54) is 54.8 Å². The van der Waals surface area contributed by atoms with Crippen molar-refractivity contribution in [2.24, 2.45) is 0 Å². The summed E-state index contributed by atoms with van der Waals surface area (Å²) in [4.78, 5) is 6.53. The van der Waals surface area contributed by atoms with Crippen molar-refractivity contribution in [3.05, 3.63) is 214 Å². The van der Waals surface area contributed by atoms with E-state index >= 15 is 0 Å². The molecule has 0 bridgehead atoms. The van der Waals surface area contributed by atoms with E-state index in [9.17, 15) is 30.2 Å². The molecule has 5 nitrogen and oxygen atoms in total. The molecule has 57 heavy (non-hydrogen) atoms. The van der Waals surface area contributed by atoms with Crippen LogP contribution in [0.3, 0.4) is 0 Å². The number of fused-ring (bicyclic) bond motifs is 2. The van der Waals surface area contributed by atoms with Crippen LogP contribution in [0.2, 0.25) is 0 Å². The molecule has 0 fully saturated rings. The Kier molecular flexibility index (Phi) is 11.6. The molecule has 8 aromatic rings. The van der Waals surface area contributed by atoms with Crippen LogP contribution in [0.4, 0.5) is 17.6 Å². The number of rotatable bonds is 10. The monoisotopic (exact) mass is 806 g/mol. The van der Waals surface area contributed by atoms with Gasteiger partial charge in [-0.15, -0.1) is 0 Å². The lowest BCUT2D eigenvalue weighted by molar-refractivity contribution is 0.601. The molecule has 6 aromatic carbocycles. The van der Waals surface area contributed by atoms with Crippen molar-refractivity contribution in [1.82, 2.24) is 9.97 Å². The van der Waals surface area contributed by atoms with Crippen molar-refractivity contribution < 1.29 is 30.2 Å². The van der Waals surface area contributed by atoms with Gasteiger partial charge in [0.1, 0.15) is 23.3 Å². The molecule has 8 rings (SSSR count). The average Bonchev–Trinajstić information content (AvgIpc) is 3.81. The van der Waals surface area contributed by atoms with Crippen LogP contribution in [-0.4, -0.2) is 35.1 Å². The predicted molar refractivity (Wildman–Crippen MR) is 220 cm³/mol. The van der Waals surface area contributed by atoms with Gasteiger partial charge in [-0.05, 0) is 93.0 Å². The molecule has 0 aliphatic heterocycles. The molecule has 2 heterocycles. The Balaban J connectivity index is 0.000000174. The fourth-order valence-electron chi connectivity index (χ4n) is 7.42. The summed E-state index contributed by atoms with van der Waals surface area (Å²) in [6.45, 7) is 0. The van der Waals surface area contributed by atoms with E-state index in [0.29, 0.717) is 11.3 Å². The molecule has 290 valence electrons. The van der Waals surface area contributed by atoms with Crippen molar-refractivity contribution in [2.75, 3.05) is 12.5 Å². The molecule has 2 aromatic heterocycles. The number of para-hydroxylation sites is 2. The first-order valence-electron chi connectivity index (χ1n) is 18.0. The maximum absolute atomic E-state index is 13.5. The first-order valence-corrected chi connectivity index (χ1v) is 21.8. The highest BCUT2D eigenvalue weighted by molar-refractivity contribution is 7.89. The van der Waals surface area contributed by atoms with Crippen LogP contribution in [0.25, 0.3) is 21.8 Å². The Hall–Kier alpha value is -5.78. The lowest BCUT2D eigenvalue weighted by atomic mass is 9.85. The number of halogens is 4. The minimum Gasteiger partial charge on any atom is -0.361 e. The molecule has 0 amide bonds. The van der Waals surface area contributed by atoms with Crippen molar-refractivity contribution >= 4 is 42.4 Å². The second-order valence-corrected chi connectivity index (χ2v) is 17.6. The number of aromatic amines is 2. The van der Waals surface area contributed by atoms with E-state index in [2.05, 4.69) is 9.97 Å². The van der Waals surface area contributed by atoms with Crippen molar-refractivity contribution in [3.63, 3.8) is 0 Å². The molecule has 1 atom stereocenters. The second kappa shape index (κ2) is 16.8. The Morgan fingerprint density at radius 1 is 0.526 bits per heavy atom. The molecule has 11 heteroatoms. The van der Waals surface area contributed by atoms with E-state index < -0.39 is 20.6 Å². The molecule has 0 saturated heterocycles. The highest BCUT2D eigenvalue weighted by Gasteiger charge is 2.23. The van der Waals surface area contributed by atoms with Gasteiger partial charge in [0, 0.05) is 69.3 Å². The zero-order valence-electron chi connectivity index (χ0n) is 31.0. The van der Waals surface area contributed by atoms with E-state index in [-0.39, 0.29) is 40.9 Å². The smallest absolute Gasteiger partial charge is 0.151 e. The number of hydrogen-bond acceptors (Lipinski definition) is 3. The molecule has 0 aliphatic rings. The number of hydrogen-bond donors (Lipinski definition) is 2. The largest absolute Gasteiger partial charge is 0.361 e. The quantitative estimate of drug-likeness (QED) is 0.135. The van der Waals surface area contributed by atoms with Gasteiger partial charge < -0.3 is 9.97 Å². The molecular formula is C46H38F4N2O3S2. The maximum Gasteiger partial charge on any atom is 0.151 e. The predicted octanol–water partition coefficient (Wildman–Crippen LogP) is 10.7. The third kappa shape index (κ3) is 9.11. The Bertz CT molecular complexity index is 2690. The summed E-state index contributed by atoms with van der Waals surface area (Å²) < 4.78 is 89.3. The summed E-state index contributed by atoms with van der Waals surface area (Å²) in [6.07, 6.45) is 6.66. The minimum absolute atomic E-state index is 0.0674. The van der Waals surface area contributed by atoms with Gasteiger partial charge in [-0.2, -0.15) is 0 Å². The Labute approximate surface area is 330 Å². The molecule has 0 saturated carbocycles. The Morgan fingerprint density at radius 2 is 0.860 bits per heavy atom. The van der Waals surface area contributed by atoms with Gasteiger partial charge in [-0.3, -0.25) is 4.21 Å². The topological polar surface area (TPSA) is 82.8 Å². The summed E-state index contributed by atoms with van der Waals surface area (Å²) in [6, 6.07) is 36.7. The number of nitrogens with one attached hydrogen (secondary N) is 2. The molecule has 2 N–H and O–H groups in total. The van der Waals surface area contributed by atoms with Crippen LogP contribution in [0.5, 0.6) is 0 Å². The van der Waals surface area contributed by atoms with Gasteiger partial charge in [-0.25, -0.2) is 26.0 Å². The lowest BCUT2D eigenvalue weighted by Gasteiger charge is -2.18. The lowest BCUT2D eigenvalue weighted by Crippen LogP contribution is -2.04.